The fraction of sp³-hybridized carbons (Fsp3) is 0.875. The van der Waals surface area contributed by atoms with E-state index in [4.69, 9.17) is 6.85 Å². The molecule has 2 heteroatoms. The van der Waals surface area contributed by atoms with Crippen LogP contribution in [-0.2, 0) is 9.53 Å². The Morgan fingerprint density at radius 2 is 1.23 bits per heavy atom. The SMILES string of the molecule is [2H]C([2H])([2H])C([2H])([2H])OC(=O)CCCCCCCCCCC/C=C\CCCCCCCC. The van der Waals surface area contributed by atoms with Crippen LogP contribution in [0.25, 0.3) is 0 Å². The third kappa shape index (κ3) is 21.3. The highest BCUT2D eigenvalue weighted by Crippen LogP contribution is 2.12. The summed E-state index contributed by atoms with van der Waals surface area (Å²) in [5, 5.41) is 0. The standard InChI is InChI=1S/C24H46O2/c1-3-5-6-7-8-9-10-11-12-13-14-15-16-17-18-19-20-21-22-23-24(25)26-4-2/h11-12H,3-10,13-23H2,1-2H3/b12-11-/i2D3,4D2. The van der Waals surface area contributed by atoms with E-state index in [1.807, 2.05) is 0 Å². The molecule has 0 aromatic rings. The number of ether oxygens (including phenoxy) is 1. The fourth-order valence-corrected chi connectivity index (χ4v) is 3.16. The quantitative estimate of drug-likeness (QED) is 0.123. The molecular formula is C24H46O2. The fourth-order valence-electron chi connectivity index (χ4n) is 3.16. The number of carbonyl (C=O) groups excluding carboxylic acids is 1. The van der Waals surface area contributed by atoms with Gasteiger partial charge in [-0.15, -0.1) is 0 Å². The Hall–Kier alpha value is -0.790. The molecule has 0 aromatic heterocycles. The highest BCUT2D eigenvalue weighted by molar-refractivity contribution is 5.69. The molecular weight excluding hydrogens is 320 g/mol. The van der Waals surface area contributed by atoms with Gasteiger partial charge in [-0.25, -0.2) is 0 Å². The molecule has 0 amide bonds. The Bertz CT molecular complexity index is 461. The molecule has 2 nitrogen and oxygen atoms in total. The number of hydrogen-bond donors (Lipinski definition) is 0. The molecule has 0 saturated heterocycles. The highest BCUT2D eigenvalue weighted by Gasteiger charge is 2.00. The largest absolute Gasteiger partial charge is 0.466 e. The highest BCUT2D eigenvalue weighted by atomic mass is 16.5. The van der Waals surface area contributed by atoms with Gasteiger partial charge in [-0.3, -0.25) is 4.79 Å². The van der Waals surface area contributed by atoms with Crippen molar-refractivity contribution in [3.63, 3.8) is 0 Å². The maximum absolute atomic E-state index is 11.6. The van der Waals surface area contributed by atoms with Gasteiger partial charge in [0.15, 0.2) is 0 Å². The van der Waals surface area contributed by atoms with E-state index in [-0.39, 0.29) is 6.42 Å². The van der Waals surface area contributed by atoms with Gasteiger partial charge in [-0.05, 0) is 39.0 Å². The van der Waals surface area contributed by atoms with E-state index in [2.05, 4.69) is 23.8 Å². The Morgan fingerprint density at radius 1 is 0.769 bits per heavy atom. The van der Waals surface area contributed by atoms with Crippen molar-refractivity contribution in [1.82, 2.24) is 0 Å². The lowest BCUT2D eigenvalue weighted by atomic mass is 10.1. The Morgan fingerprint density at radius 3 is 1.73 bits per heavy atom. The van der Waals surface area contributed by atoms with Gasteiger partial charge >= 0.3 is 5.97 Å². The van der Waals surface area contributed by atoms with Crippen LogP contribution in [0.3, 0.4) is 0 Å². The van der Waals surface area contributed by atoms with Crippen LogP contribution < -0.4 is 0 Å². The molecule has 0 spiro atoms. The number of carbonyl (C=O) groups is 1. The molecule has 0 atom stereocenters. The lowest BCUT2D eigenvalue weighted by molar-refractivity contribution is -0.143. The third-order valence-corrected chi connectivity index (χ3v) is 4.81. The Balaban J connectivity index is 3.37. The molecule has 0 unspecified atom stereocenters. The zero-order valence-corrected chi connectivity index (χ0v) is 17.2. The van der Waals surface area contributed by atoms with Crippen LogP contribution in [0.15, 0.2) is 12.2 Å². The van der Waals surface area contributed by atoms with Crippen molar-refractivity contribution < 1.29 is 16.4 Å². The maximum atomic E-state index is 11.6. The van der Waals surface area contributed by atoms with Gasteiger partial charge in [0.1, 0.15) is 0 Å². The second kappa shape index (κ2) is 22.3. The van der Waals surface area contributed by atoms with Crippen LogP contribution in [-0.4, -0.2) is 12.5 Å². The van der Waals surface area contributed by atoms with Gasteiger partial charge in [-0.2, -0.15) is 0 Å². The van der Waals surface area contributed by atoms with Gasteiger partial charge in [0, 0.05) is 10.5 Å². The molecule has 0 aliphatic rings. The van der Waals surface area contributed by atoms with E-state index in [9.17, 15) is 4.79 Å². The monoisotopic (exact) mass is 371 g/mol. The second-order valence-electron chi connectivity index (χ2n) is 7.32. The van der Waals surface area contributed by atoms with Crippen LogP contribution >= 0.6 is 0 Å². The molecule has 26 heavy (non-hydrogen) atoms. The first-order valence-electron chi connectivity index (χ1n) is 13.6. The van der Waals surface area contributed by atoms with Crippen molar-refractivity contribution in [1.29, 1.82) is 0 Å². The summed E-state index contributed by atoms with van der Waals surface area (Å²) in [7, 11) is 0. The number of rotatable bonds is 20. The lowest BCUT2D eigenvalue weighted by Gasteiger charge is -2.03. The minimum atomic E-state index is -2.95. The molecule has 154 valence electrons. The molecule has 0 heterocycles. The van der Waals surface area contributed by atoms with E-state index >= 15 is 0 Å². The van der Waals surface area contributed by atoms with Gasteiger partial charge in [0.2, 0.25) is 0 Å². The van der Waals surface area contributed by atoms with E-state index in [0.29, 0.717) is 6.42 Å². The molecule has 0 N–H and O–H groups in total. The van der Waals surface area contributed by atoms with Crippen molar-refractivity contribution in [3.05, 3.63) is 12.2 Å². The third-order valence-electron chi connectivity index (χ3n) is 4.81. The average Bonchev–Trinajstić information content (AvgIpc) is 2.68. The summed E-state index contributed by atoms with van der Waals surface area (Å²) in [5.41, 5.74) is 0. The summed E-state index contributed by atoms with van der Waals surface area (Å²) in [5.74, 6) is -0.776. The molecule has 0 bridgehead atoms. The van der Waals surface area contributed by atoms with Crippen LogP contribution in [0.1, 0.15) is 136 Å². The first-order chi connectivity index (χ1) is 14.7. The van der Waals surface area contributed by atoms with E-state index < -0.39 is 19.4 Å². The van der Waals surface area contributed by atoms with Gasteiger partial charge in [0.05, 0.1) is 9.30 Å². The first-order valence-corrected chi connectivity index (χ1v) is 11.1. The number of hydrogen-bond acceptors (Lipinski definition) is 2. The van der Waals surface area contributed by atoms with Crippen molar-refractivity contribution >= 4 is 5.97 Å². The lowest BCUT2D eigenvalue weighted by Crippen LogP contribution is -2.03. The van der Waals surface area contributed by atoms with Gasteiger partial charge in [0.25, 0.3) is 0 Å². The predicted molar refractivity (Wildman–Crippen MR) is 115 cm³/mol. The van der Waals surface area contributed by atoms with Crippen LogP contribution in [0.4, 0.5) is 0 Å². The second-order valence-corrected chi connectivity index (χ2v) is 7.32. The van der Waals surface area contributed by atoms with Crippen molar-refractivity contribution in [3.8, 4) is 0 Å². The minimum absolute atomic E-state index is 0.0714. The van der Waals surface area contributed by atoms with E-state index in [0.717, 1.165) is 19.3 Å². The van der Waals surface area contributed by atoms with Crippen molar-refractivity contribution in [2.24, 2.45) is 0 Å². The molecule has 0 saturated carbocycles. The van der Waals surface area contributed by atoms with Crippen LogP contribution in [0, 0.1) is 0 Å². The summed E-state index contributed by atoms with van der Waals surface area (Å²) in [6, 6.07) is 0. The van der Waals surface area contributed by atoms with Crippen LogP contribution in [0.5, 0.6) is 0 Å². The zero-order chi connectivity index (χ0) is 23.4. The summed E-state index contributed by atoms with van der Waals surface area (Å²) < 4.78 is 40.1. The molecule has 0 radical (unpaired) electrons. The van der Waals surface area contributed by atoms with Gasteiger partial charge in [-0.1, -0.05) is 96.1 Å². The summed E-state index contributed by atoms with van der Waals surface area (Å²) in [4.78, 5) is 11.6. The van der Waals surface area contributed by atoms with Crippen LogP contribution in [0.2, 0.25) is 0 Å². The zero-order valence-electron chi connectivity index (χ0n) is 22.2. The molecule has 0 aromatic carbocycles. The van der Waals surface area contributed by atoms with Gasteiger partial charge < -0.3 is 4.74 Å². The summed E-state index contributed by atoms with van der Waals surface area (Å²) in [6.07, 6.45) is 25.4. The van der Waals surface area contributed by atoms with Crippen molar-refractivity contribution in [2.45, 2.75) is 129 Å². The molecule has 0 aliphatic carbocycles. The Kier molecular flexibility index (Phi) is 14.8. The smallest absolute Gasteiger partial charge is 0.305 e. The number of esters is 1. The van der Waals surface area contributed by atoms with Crippen molar-refractivity contribution in [2.75, 3.05) is 6.56 Å². The van der Waals surface area contributed by atoms with E-state index in [1.54, 1.807) is 0 Å². The van der Waals surface area contributed by atoms with E-state index in [1.165, 1.54) is 83.5 Å². The first kappa shape index (κ1) is 17.3. The Labute approximate surface area is 171 Å². The summed E-state index contributed by atoms with van der Waals surface area (Å²) >= 11 is 0. The molecule has 0 aliphatic heterocycles. The maximum Gasteiger partial charge on any atom is 0.305 e. The predicted octanol–water partition coefficient (Wildman–Crippen LogP) is 8.15. The number of allylic oxidation sites excluding steroid dienone is 2. The normalized spacial score (nSPS) is 15.2. The molecule has 0 rings (SSSR count). The molecule has 0 fully saturated rings. The average molecular weight is 372 g/mol. The summed E-state index contributed by atoms with van der Waals surface area (Å²) in [6.45, 7) is -3.60. The minimum Gasteiger partial charge on any atom is -0.466 e. The topological polar surface area (TPSA) is 26.3 Å². The number of unbranched alkanes of at least 4 members (excludes halogenated alkanes) is 15.